The number of aliphatic hydroxyl groups is 1. The van der Waals surface area contributed by atoms with Crippen LogP contribution in [0.5, 0.6) is 0 Å². The number of amides is 3. The second kappa shape index (κ2) is 8.78. The van der Waals surface area contributed by atoms with Crippen molar-refractivity contribution in [2.75, 3.05) is 6.61 Å². The molecule has 7 nitrogen and oxygen atoms in total. The van der Waals surface area contributed by atoms with Gasteiger partial charge in [0.2, 0.25) is 0 Å². The second-order valence-electron chi connectivity index (χ2n) is 4.75. The Morgan fingerprint density at radius 2 is 1.86 bits per heavy atom. The van der Waals surface area contributed by atoms with Crippen LogP contribution >= 0.6 is 0 Å². The first-order chi connectivity index (χ1) is 10.4. The number of aliphatic hydroxyl groups excluding tert-OH is 1. The number of hydrogen-bond donors (Lipinski definition) is 3. The molecule has 0 radical (unpaired) electrons. The molecule has 0 fully saturated rings. The van der Waals surface area contributed by atoms with E-state index in [2.05, 4.69) is 10.1 Å². The lowest BCUT2D eigenvalue weighted by Crippen LogP contribution is -2.44. The first kappa shape index (κ1) is 17.6. The highest BCUT2D eigenvalue weighted by Gasteiger charge is 2.20. The average molecular weight is 308 g/mol. The highest BCUT2D eigenvalue weighted by atomic mass is 16.5. The fourth-order valence-corrected chi connectivity index (χ4v) is 1.51. The Balaban J connectivity index is 2.37. The molecule has 0 aromatic heterocycles. The summed E-state index contributed by atoms with van der Waals surface area (Å²) in [4.78, 5) is 34.5. The summed E-state index contributed by atoms with van der Waals surface area (Å²) in [6.07, 6.45) is -0.747. The number of benzene rings is 1. The largest absolute Gasteiger partial charge is 0.453 e. The fraction of sp³-hybridized carbons (Fsp3) is 0.400. The molecule has 1 rings (SSSR count). The van der Waals surface area contributed by atoms with Gasteiger partial charge in [-0.05, 0) is 18.9 Å². The molecular weight excluding hydrogens is 288 g/mol. The lowest BCUT2D eigenvalue weighted by Gasteiger charge is -2.13. The van der Waals surface area contributed by atoms with Gasteiger partial charge in [0.05, 0.1) is 0 Å². The van der Waals surface area contributed by atoms with Gasteiger partial charge in [-0.15, -0.1) is 0 Å². The average Bonchev–Trinajstić information content (AvgIpc) is 2.52. The Morgan fingerprint density at radius 3 is 2.45 bits per heavy atom. The van der Waals surface area contributed by atoms with E-state index in [1.165, 1.54) is 0 Å². The van der Waals surface area contributed by atoms with Gasteiger partial charge in [0.1, 0.15) is 0 Å². The van der Waals surface area contributed by atoms with Crippen LogP contribution in [0, 0.1) is 0 Å². The summed E-state index contributed by atoms with van der Waals surface area (Å²) >= 11 is 0. The van der Waals surface area contributed by atoms with Crippen molar-refractivity contribution in [3.63, 3.8) is 0 Å². The number of carbonyl (C=O) groups is 3. The van der Waals surface area contributed by atoms with Gasteiger partial charge >= 0.3 is 12.0 Å². The Kier molecular flexibility index (Phi) is 7.04. The Hall–Kier alpha value is -2.41. The maximum absolute atomic E-state index is 11.6. The van der Waals surface area contributed by atoms with E-state index in [0.29, 0.717) is 5.56 Å². The maximum Gasteiger partial charge on any atom is 0.340 e. The van der Waals surface area contributed by atoms with Gasteiger partial charge in [-0.3, -0.25) is 10.1 Å². The molecule has 0 spiro atoms. The first-order valence-corrected chi connectivity index (χ1v) is 6.94. The number of nitrogens with one attached hydrogen (secondary N) is 2. The lowest BCUT2D eigenvalue weighted by atomic mass is 10.1. The quantitative estimate of drug-likeness (QED) is 0.677. The minimum atomic E-state index is -1.47. The van der Waals surface area contributed by atoms with Crippen LogP contribution in [0.1, 0.15) is 31.9 Å². The van der Waals surface area contributed by atoms with Crippen LogP contribution in [0.3, 0.4) is 0 Å². The molecule has 0 aliphatic rings. The Bertz CT molecular complexity index is 518. The monoisotopic (exact) mass is 308 g/mol. The molecule has 0 unspecified atom stereocenters. The van der Waals surface area contributed by atoms with E-state index in [0.717, 1.165) is 6.42 Å². The molecule has 22 heavy (non-hydrogen) atoms. The highest BCUT2D eigenvalue weighted by Crippen LogP contribution is 2.13. The lowest BCUT2D eigenvalue weighted by molar-refractivity contribution is -0.157. The van der Waals surface area contributed by atoms with E-state index in [-0.39, 0.29) is 6.04 Å². The van der Waals surface area contributed by atoms with E-state index >= 15 is 0 Å². The van der Waals surface area contributed by atoms with Crippen molar-refractivity contribution in [1.82, 2.24) is 10.6 Å². The summed E-state index contributed by atoms with van der Waals surface area (Å²) < 4.78 is 4.67. The van der Waals surface area contributed by atoms with Gasteiger partial charge in [-0.25, -0.2) is 9.59 Å². The molecule has 1 aromatic carbocycles. The fourth-order valence-electron chi connectivity index (χ4n) is 1.51. The third-order valence-electron chi connectivity index (χ3n) is 2.93. The van der Waals surface area contributed by atoms with E-state index in [1.54, 1.807) is 37.3 Å². The van der Waals surface area contributed by atoms with Crippen molar-refractivity contribution in [2.24, 2.45) is 0 Å². The summed E-state index contributed by atoms with van der Waals surface area (Å²) in [6.45, 7) is 3.04. The molecule has 7 heteroatoms. The van der Waals surface area contributed by atoms with Gasteiger partial charge in [-0.1, -0.05) is 37.3 Å². The second-order valence-corrected chi connectivity index (χ2v) is 4.75. The summed E-state index contributed by atoms with van der Waals surface area (Å²) in [6, 6.07) is 7.46. The molecular formula is C15H20N2O5. The van der Waals surface area contributed by atoms with Crippen molar-refractivity contribution >= 4 is 17.9 Å². The topological polar surface area (TPSA) is 105 Å². The molecule has 0 aliphatic heterocycles. The number of carbonyl (C=O) groups excluding carboxylic acids is 3. The summed E-state index contributed by atoms with van der Waals surface area (Å²) in [7, 11) is 0. The third-order valence-corrected chi connectivity index (χ3v) is 2.93. The molecule has 0 saturated carbocycles. The number of hydrogen-bond acceptors (Lipinski definition) is 5. The molecule has 0 bridgehead atoms. The van der Waals surface area contributed by atoms with Gasteiger partial charge in [-0.2, -0.15) is 0 Å². The number of esters is 1. The van der Waals surface area contributed by atoms with E-state index < -0.39 is 30.6 Å². The molecule has 3 amide bonds. The predicted molar refractivity (Wildman–Crippen MR) is 78.8 cm³/mol. The molecule has 120 valence electrons. The smallest absolute Gasteiger partial charge is 0.340 e. The summed E-state index contributed by atoms with van der Waals surface area (Å²) in [5, 5.41) is 14.3. The number of ether oxygens (including phenoxy) is 1. The normalized spacial score (nSPS) is 12.9. The van der Waals surface area contributed by atoms with Crippen LogP contribution in [0.4, 0.5) is 4.79 Å². The molecule has 3 N–H and O–H groups in total. The van der Waals surface area contributed by atoms with Crippen LogP contribution in [0.2, 0.25) is 0 Å². The van der Waals surface area contributed by atoms with Crippen LogP contribution in [0.25, 0.3) is 0 Å². The van der Waals surface area contributed by atoms with Crippen molar-refractivity contribution < 1.29 is 24.2 Å². The van der Waals surface area contributed by atoms with Crippen molar-refractivity contribution in [2.45, 2.75) is 32.4 Å². The van der Waals surface area contributed by atoms with Crippen molar-refractivity contribution in [3.8, 4) is 0 Å². The molecule has 0 aliphatic carbocycles. The number of imide groups is 1. The standard InChI is InChI=1S/C15H20N2O5/c1-3-10(2)16-15(21)17-12(18)9-22-14(20)13(19)11-7-5-4-6-8-11/h4-8,10,13,19H,3,9H2,1-2H3,(H2,16,17,18,21)/t10-,13-/m1/s1. The van der Waals surface area contributed by atoms with Gasteiger partial charge < -0.3 is 15.2 Å². The maximum atomic E-state index is 11.6. The van der Waals surface area contributed by atoms with Crippen LogP contribution < -0.4 is 10.6 Å². The minimum Gasteiger partial charge on any atom is -0.453 e. The minimum absolute atomic E-state index is 0.0738. The highest BCUT2D eigenvalue weighted by molar-refractivity contribution is 5.95. The Labute approximate surface area is 128 Å². The van der Waals surface area contributed by atoms with E-state index in [9.17, 15) is 19.5 Å². The molecule has 0 saturated heterocycles. The number of urea groups is 1. The first-order valence-electron chi connectivity index (χ1n) is 6.94. The van der Waals surface area contributed by atoms with Gasteiger partial charge in [0.25, 0.3) is 5.91 Å². The van der Waals surface area contributed by atoms with E-state index in [4.69, 9.17) is 0 Å². The summed E-state index contributed by atoms with van der Waals surface area (Å²) in [5.41, 5.74) is 0.363. The van der Waals surface area contributed by atoms with Crippen molar-refractivity contribution in [1.29, 1.82) is 0 Å². The zero-order valence-electron chi connectivity index (χ0n) is 12.5. The molecule has 2 atom stereocenters. The third kappa shape index (κ3) is 5.92. The number of rotatable bonds is 6. The zero-order chi connectivity index (χ0) is 16.5. The van der Waals surface area contributed by atoms with Crippen LogP contribution in [-0.2, 0) is 14.3 Å². The van der Waals surface area contributed by atoms with Crippen LogP contribution in [0.15, 0.2) is 30.3 Å². The molecule has 1 aromatic rings. The van der Waals surface area contributed by atoms with E-state index in [1.807, 2.05) is 12.2 Å². The molecule has 0 heterocycles. The van der Waals surface area contributed by atoms with Crippen molar-refractivity contribution in [3.05, 3.63) is 35.9 Å². The SMILES string of the molecule is CC[C@@H](C)NC(=O)NC(=O)COC(=O)[C@H](O)c1ccccc1. The Morgan fingerprint density at radius 1 is 1.23 bits per heavy atom. The van der Waals surface area contributed by atoms with Gasteiger partial charge in [0, 0.05) is 6.04 Å². The van der Waals surface area contributed by atoms with Gasteiger partial charge in [0.15, 0.2) is 12.7 Å². The summed E-state index contributed by atoms with van der Waals surface area (Å²) in [5.74, 6) is -1.72. The van der Waals surface area contributed by atoms with Crippen LogP contribution in [-0.4, -0.2) is 35.7 Å². The zero-order valence-corrected chi connectivity index (χ0v) is 12.5. The predicted octanol–water partition coefficient (Wildman–Crippen LogP) is 0.887.